The number of carbonyl (C=O) groups is 7. The molecule has 0 unspecified atom stereocenters. The molecule has 0 aromatic heterocycles. The molecule has 1 aromatic rings. The average Bonchev–Trinajstić information content (AvgIpc) is 3.08. The lowest BCUT2D eigenvalue weighted by atomic mass is 10.0. The summed E-state index contributed by atoms with van der Waals surface area (Å²) in [5, 5.41) is 34.1. The van der Waals surface area contributed by atoms with E-state index in [0.29, 0.717) is 30.7 Å². The monoisotopic (exact) mass is 752 g/mol. The Morgan fingerprint density at radius 3 is 1.85 bits per heavy atom. The van der Waals surface area contributed by atoms with Gasteiger partial charge in [0.1, 0.15) is 36.0 Å². The number of hydrogen-bond acceptors (Lipinski definition) is 11. The van der Waals surface area contributed by atoms with Gasteiger partial charge in [-0.15, -0.1) is 0 Å². The third kappa shape index (κ3) is 17.7. The summed E-state index contributed by atoms with van der Waals surface area (Å²) in [6, 6.07) is -0.269. The van der Waals surface area contributed by atoms with Gasteiger partial charge in [0.2, 0.25) is 35.4 Å². The number of aromatic hydroxyl groups is 1. The normalized spacial score (nSPS) is 14.5. The molecule has 12 N–H and O–H groups in total. The van der Waals surface area contributed by atoms with E-state index in [1.807, 2.05) is 20.1 Å². The van der Waals surface area contributed by atoms with Crippen molar-refractivity contribution >= 4 is 53.2 Å². The molecule has 17 nitrogen and oxygen atoms in total. The number of hydrogen-bond donors (Lipinski definition) is 10. The van der Waals surface area contributed by atoms with E-state index in [9.17, 15) is 43.8 Å². The van der Waals surface area contributed by atoms with Crippen molar-refractivity contribution in [2.45, 2.75) is 102 Å². The first kappa shape index (κ1) is 45.6. The second kappa shape index (κ2) is 23.9. The summed E-state index contributed by atoms with van der Waals surface area (Å²) in [7, 11) is 0. The van der Waals surface area contributed by atoms with Crippen LogP contribution in [-0.2, 0) is 40.0 Å². The predicted octanol–water partition coefficient (Wildman–Crippen LogP) is -1.15. The lowest BCUT2D eigenvalue weighted by Gasteiger charge is -2.26. The number of carboxylic acids is 1. The average molecular weight is 753 g/mol. The number of nitrogens with two attached hydrogens (primary N) is 2. The molecular formula is C34H56N8O9S. The molecule has 18 heteroatoms. The third-order valence-corrected chi connectivity index (χ3v) is 8.46. The van der Waals surface area contributed by atoms with Crippen molar-refractivity contribution in [3.05, 3.63) is 29.8 Å². The third-order valence-electron chi connectivity index (χ3n) is 7.82. The molecule has 6 amide bonds. The van der Waals surface area contributed by atoms with Crippen molar-refractivity contribution in [2.24, 2.45) is 17.4 Å². The topological polar surface area (TPSA) is 284 Å². The van der Waals surface area contributed by atoms with Crippen LogP contribution in [-0.4, -0.2) is 113 Å². The fourth-order valence-electron chi connectivity index (χ4n) is 4.84. The number of carbonyl (C=O) groups excluding carboxylic acids is 6. The number of amides is 6. The molecule has 292 valence electrons. The molecule has 6 atom stereocenters. The van der Waals surface area contributed by atoms with Crippen molar-refractivity contribution in [2.75, 3.05) is 25.1 Å². The van der Waals surface area contributed by atoms with Crippen LogP contribution in [0.25, 0.3) is 0 Å². The van der Waals surface area contributed by atoms with Gasteiger partial charge in [-0.3, -0.25) is 28.8 Å². The number of aliphatic carboxylic acids is 1. The van der Waals surface area contributed by atoms with E-state index in [0.717, 1.165) is 0 Å². The minimum atomic E-state index is -1.20. The van der Waals surface area contributed by atoms with Crippen LogP contribution in [0.1, 0.15) is 65.4 Å². The fourth-order valence-corrected chi connectivity index (χ4v) is 5.31. The zero-order valence-electron chi connectivity index (χ0n) is 30.5. The molecule has 0 aliphatic heterocycles. The van der Waals surface area contributed by atoms with E-state index in [-0.39, 0.29) is 37.4 Å². The molecule has 0 aliphatic rings. The van der Waals surface area contributed by atoms with Crippen molar-refractivity contribution in [1.82, 2.24) is 31.9 Å². The molecule has 0 saturated carbocycles. The zero-order chi connectivity index (χ0) is 39.4. The molecule has 1 aromatic carbocycles. The van der Waals surface area contributed by atoms with E-state index < -0.39 is 84.2 Å². The number of phenolic OH excluding ortho intramolecular Hbond substituents is 1. The number of thioether (sulfide) groups is 1. The van der Waals surface area contributed by atoms with Crippen LogP contribution in [0.4, 0.5) is 0 Å². The summed E-state index contributed by atoms with van der Waals surface area (Å²) in [6.45, 7) is 6.30. The van der Waals surface area contributed by atoms with Gasteiger partial charge in [-0.25, -0.2) is 4.79 Å². The number of phenols is 1. The van der Waals surface area contributed by atoms with Gasteiger partial charge < -0.3 is 53.6 Å². The van der Waals surface area contributed by atoms with Crippen LogP contribution < -0.4 is 43.4 Å². The van der Waals surface area contributed by atoms with Crippen molar-refractivity contribution < 1.29 is 43.8 Å². The summed E-state index contributed by atoms with van der Waals surface area (Å²) in [4.78, 5) is 88.9. The second-order valence-corrected chi connectivity index (χ2v) is 13.9. The van der Waals surface area contributed by atoms with E-state index in [4.69, 9.17) is 11.5 Å². The fraction of sp³-hybridized carbons (Fsp3) is 0.618. The molecule has 0 fully saturated rings. The van der Waals surface area contributed by atoms with Crippen LogP contribution >= 0.6 is 11.8 Å². The van der Waals surface area contributed by atoms with Gasteiger partial charge in [0.25, 0.3) is 0 Å². The minimum absolute atomic E-state index is 0.0127. The molecule has 0 saturated heterocycles. The maximum Gasteiger partial charge on any atom is 0.326 e. The Bertz CT molecular complexity index is 1350. The summed E-state index contributed by atoms with van der Waals surface area (Å²) in [6.07, 6.45) is 3.62. The van der Waals surface area contributed by atoms with Crippen molar-refractivity contribution in [3.63, 3.8) is 0 Å². The van der Waals surface area contributed by atoms with Crippen molar-refractivity contribution in [1.29, 1.82) is 0 Å². The van der Waals surface area contributed by atoms with Crippen LogP contribution in [0.5, 0.6) is 5.75 Å². The predicted molar refractivity (Wildman–Crippen MR) is 197 cm³/mol. The van der Waals surface area contributed by atoms with Crippen molar-refractivity contribution in [3.8, 4) is 5.75 Å². The Labute approximate surface area is 308 Å². The quantitative estimate of drug-likeness (QED) is 0.0561. The second-order valence-electron chi connectivity index (χ2n) is 12.9. The Morgan fingerprint density at radius 1 is 0.731 bits per heavy atom. The van der Waals surface area contributed by atoms with E-state index in [1.165, 1.54) is 37.7 Å². The summed E-state index contributed by atoms with van der Waals surface area (Å²) in [5.74, 6) is -4.66. The Hall–Kier alpha value is -4.42. The molecule has 0 aliphatic carbocycles. The molecule has 1 rings (SSSR count). The molecule has 0 spiro atoms. The van der Waals surface area contributed by atoms with Crippen LogP contribution in [0.2, 0.25) is 0 Å². The van der Waals surface area contributed by atoms with E-state index in [1.54, 1.807) is 12.1 Å². The number of unbranched alkanes of at least 4 members (excludes halogenated alkanes) is 1. The highest BCUT2D eigenvalue weighted by atomic mass is 32.2. The van der Waals surface area contributed by atoms with Crippen LogP contribution in [0, 0.1) is 5.92 Å². The highest BCUT2D eigenvalue weighted by molar-refractivity contribution is 7.98. The van der Waals surface area contributed by atoms with Gasteiger partial charge in [-0.05, 0) is 94.5 Å². The number of benzene rings is 1. The maximum absolute atomic E-state index is 13.4. The van der Waals surface area contributed by atoms with Gasteiger partial charge in [-0.2, -0.15) is 11.8 Å². The van der Waals surface area contributed by atoms with E-state index >= 15 is 0 Å². The van der Waals surface area contributed by atoms with Crippen LogP contribution in [0.3, 0.4) is 0 Å². The molecular weight excluding hydrogens is 696 g/mol. The van der Waals surface area contributed by atoms with Gasteiger partial charge in [0.05, 0.1) is 12.6 Å². The summed E-state index contributed by atoms with van der Waals surface area (Å²) in [5.41, 5.74) is 12.3. The molecule has 0 bridgehead atoms. The van der Waals surface area contributed by atoms with Crippen LogP contribution in [0.15, 0.2) is 24.3 Å². The molecule has 0 heterocycles. The number of nitrogens with one attached hydrogen (secondary N) is 6. The largest absolute Gasteiger partial charge is 0.508 e. The first-order chi connectivity index (χ1) is 24.5. The highest BCUT2D eigenvalue weighted by Gasteiger charge is 2.30. The Kier molecular flexibility index (Phi) is 21.0. The number of rotatable bonds is 24. The zero-order valence-corrected chi connectivity index (χ0v) is 31.3. The van der Waals surface area contributed by atoms with Gasteiger partial charge in [-0.1, -0.05) is 26.0 Å². The smallest absolute Gasteiger partial charge is 0.326 e. The van der Waals surface area contributed by atoms with E-state index in [2.05, 4.69) is 31.9 Å². The molecule has 52 heavy (non-hydrogen) atoms. The molecule has 0 radical (unpaired) electrons. The standard InChI is InChI=1S/C34H56N8O9S/c1-19(2)16-27(34(50)51)42-32(48)25(8-6-7-14-35)41-33(49)26(13-15-52-5)40-30(46)21(4)38-28(44)18-37-29(45)20(3)39-31(47)24(36)17-22-9-11-23(43)12-10-22/h9-12,19-21,24-27,43H,6-8,13-18,35-36H2,1-5H3,(H,37,45)(H,38,44)(H,39,47)(H,40,46)(H,41,49)(H,42,48)(H,50,51)/t20-,21-,24-,25-,26-,27-/m0/s1. The van der Waals surface area contributed by atoms with Gasteiger partial charge >= 0.3 is 5.97 Å². The van der Waals surface area contributed by atoms with Gasteiger partial charge in [0.15, 0.2) is 0 Å². The Balaban J connectivity index is 2.77. The summed E-state index contributed by atoms with van der Waals surface area (Å²) >= 11 is 1.43. The summed E-state index contributed by atoms with van der Waals surface area (Å²) < 4.78 is 0. The highest BCUT2D eigenvalue weighted by Crippen LogP contribution is 2.11. The number of carboxylic acid groups (broad SMARTS) is 1. The lowest BCUT2D eigenvalue weighted by Crippen LogP contribution is -2.58. The first-order valence-corrected chi connectivity index (χ1v) is 18.6. The SMILES string of the molecule is CSCC[C@H](NC(=O)[C@H](C)NC(=O)CNC(=O)[C@H](C)NC(=O)[C@@H](N)Cc1ccc(O)cc1)C(=O)N[C@@H](CCCCN)C(=O)N[C@@H](CC(C)C)C(=O)O. The Morgan fingerprint density at radius 2 is 1.29 bits per heavy atom. The first-order valence-electron chi connectivity index (χ1n) is 17.2. The lowest BCUT2D eigenvalue weighted by molar-refractivity contribution is -0.143. The maximum atomic E-state index is 13.4. The van der Waals surface area contributed by atoms with Gasteiger partial charge in [0, 0.05) is 0 Å². The minimum Gasteiger partial charge on any atom is -0.508 e.